The summed E-state index contributed by atoms with van der Waals surface area (Å²) in [6, 6.07) is 0. The molecule has 0 fully saturated rings. The third-order valence-electron chi connectivity index (χ3n) is 1.44. The molecule has 0 aromatic heterocycles. The van der Waals surface area contributed by atoms with Gasteiger partial charge in [-0.3, -0.25) is 4.55 Å². The van der Waals surface area contributed by atoms with Gasteiger partial charge in [-0.25, -0.2) is 0 Å². The second-order valence-corrected chi connectivity index (χ2v) is 4.93. The Kier molecular flexibility index (Phi) is 4.36. The molecule has 0 amide bonds. The van der Waals surface area contributed by atoms with E-state index in [1.165, 1.54) is 0 Å². The van der Waals surface area contributed by atoms with Gasteiger partial charge in [-0.1, -0.05) is 17.2 Å². The van der Waals surface area contributed by atoms with Crippen LogP contribution in [0.15, 0.2) is 22.8 Å². The van der Waals surface area contributed by atoms with E-state index in [4.69, 9.17) is 4.55 Å². The summed E-state index contributed by atoms with van der Waals surface area (Å²) in [6.45, 7) is 7.40. The van der Waals surface area contributed by atoms with Gasteiger partial charge in [-0.15, -0.1) is 0 Å². The molecule has 0 aliphatic heterocycles. The molecule has 0 heterocycles. The molecule has 0 saturated carbocycles. The lowest BCUT2D eigenvalue weighted by Crippen LogP contribution is -2.06. The van der Waals surface area contributed by atoms with Gasteiger partial charge in [0, 0.05) is 0 Å². The molecule has 0 unspecified atom stereocenters. The molecule has 0 atom stereocenters. The molecule has 3 nitrogen and oxygen atoms in total. The number of rotatable bonds is 3. The highest BCUT2D eigenvalue weighted by atomic mass is 32.2. The van der Waals surface area contributed by atoms with E-state index in [0.717, 1.165) is 11.1 Å². The predicted molar refractivity (Wildman–Crippen MR) is 54.2 cm³/mol. The van der Waals surface area contributed by atoms with Crippen molar-refractivity contribution in [3.05, 3.63) is 22.8 Å². The summed E-state index contributed by atoms with van der Waals surface area (Å²) in [5, 5.41) is 0. The minimum Gasteiger partial charge on any atom is -0.285 e. The quantitative estimate of drug-likeness (QED) is 0.566. The van der Waals surface area contributed by atoms with Crippen LogP contribution < -0.4 is 0 Å². The summed E-state index contributed by atoms with van der Waals surface area (Å²) in [7, 11) is -3.92. The van der Waals surface area contributed by atoms with E-state index in [0.29, 0.717) is 5.57 Å². The second kappa shape index (κ2) is 4.58. The summed E-state index contributed by atoms with van der Waals surface area (Å²) in [6.07, 6.45) is 1.77. The topological polar surface area (TPSA) is 54.4 Å². The van der Waals surface area contributed by atoms with Gasteiger partial charge in [-0.2, -0.15) is 8.42 Å². The van der Waals surface area contributed by atoms with Crippen LogP contribution in [0.25, 0.3) is 0 Å². The second-order valence-electron chi connectivity index (χ2n) is 3.47. The fraction of sp³-hybridized carbons (Fsp3) is 0.556. The van der Waals surface area contributed by atoms with E-state index in [-0.39, 0.29) is 5.75 Å². The molecule has 0 spiro atoms. The Labute approximate surface area is 79.9 Å². The van der Waals surface area contributed by atoms with Crippen molar-refractivity contribution in [1.82, 2.24) is 0 Å². The van der Waals surface area contributed by atoms with Crippen LogP contribution in [0.1, 0.15) is 27.7 Å². The average Bonchev–Trinajstić information content (AvgIpc) is 1.81. The first kappa shape index (κ1) is 12.4. The zero-order valence-corrected chi connectivity index (χ0v) is 9.27. The standard InChI is InChI=1S/C9H16O3S/c1-7(2)5-9(8(3)4)6-13(10,11)12/h5H,6H2,1-4H3,(H,10,11,12). The monoisotopic (exact) mass is 204 g/mol. The Bertz CT molecular complexity index is 326. The summed E-state index contributed by atoms with van der Waals surface area (Å²) in [5.74, 6) is -0.305. The molecule has 0 saturated heterocycles. The number of hydrogen-bond acceptors (Lipinski definition) is 2. The van der Waals surface area contributed by atoms with Crippen LogP contribution in [0.4, 0.5) is 0 Å². The molecule has 13 heavy (non-hydrogen) atoms. The smallest absolute Gasteiger partial charge is 0.269 e. The Morgan fingerprint density at radius 1 is 1.23 bits per heavy atom. The summed E-state index contributed by atoms with van der Waals surface area (Å²) in [4.78, 5) is 0. The molecular weight excluding hydrogens is 188 g/mol. The van der Waals surface area contributed by atoms with E-state index < -0.39 is 10.1 Å². The Morgan fingerprint density at radius 3 is 1.92 bits per heavy atom. The highest BCUT2D eigenvalue weighted by Gasteiger charge is 2.08. The van der Waals surface area contributed by atoms with Crippen LogP contribution in [0, 0.1) is 0 Å². The highest BCUT2D eigenvalue weighted by molar-refractivity contribution is 7.86. The van der Waals surface area contributed by atoms with E-state index in [9.17, 15) is 8.42 Å². The molecule has 4 heteroatoms. The third kappa shape index (κ3) is 6.54. The number of hydrogen-bond donors (Lipinski definition) is 1. The van der Waals surface area contributed by atoms with Crippen molar-refractivity contribution >= 4 is 10.1 Å². The first-order valence-corrected chi connectivity index (χ1v) is 5.59. The maximum absolute atomic E-state index is 10.6. The Hall–Kier alpha value is -0.610. The Balaban J connectivity index is 4.91. The maximum atomic E-state index is 10.6. The zero-order valence-electron chi connectivity index (χ0n) is 8.46. The van der Waals surface area contributed by atoms with Gasteiger partial charge < -0.3 is 0 Å². The minimum atomic E-state index is -3.92. The first-order valence-electron chi connectivity index (χ1n) is 3.99. The third-order valence-corrected chi connectivity index (χ3v) is 2.12. The van der Waals surface area contributed by atoms with Crippen molar-refractivity contribution in [2.24, 2.45) is 0 Å². The van der Waals surface area contributed by atoms with Gasteiger partial charge in [0.25, 0.3) is 10.1 Å². The first-order chi connectivity index (χ1) is 5.72. The normalized spacial score (nSPS) is 10.8. The van der Waals surface area contributed by atoms with E-state index in [1.54, 1.807) is 6.08 Å². The van der Waals surface area contributed by atoms with Gasteiger partial charge in [0.05, 0.1) is 0 Å². The van der Waals surface area contributed by atoms with Crippen molar-refractivity contribution < 1.29 is 13.0 Å². The predicted octanol–water partition coefficient (Wildman–Crippen LogP) is 2.18. The van der Waals surface area contributed by atoms with Crippen molar-refractivity contribution in [3.8, 4) is 0 Å². The fourth-order valence-electron chi connectivity index (χ4n) is 0.875. The van der Waals surface area contributed by atoms with Crippen LogP contribution in [-0.2, 0) is 10.1 Å². The molecule has 76 valence electrons. The molecule has 0 bridgehead atoms. The summed E-state index contributed by atoms with van der Waals surface area (Å²) in [5.41, 5.74) is 2.57. The molecular formula is C9H16O3S. The molecule has 0 aromatic carbocycles. The maximum Gasteiger partial charge on any atom is 0.269 e. The van der Waals surface area contributed by atoms with Crippen molar-refractivity contribution in [2.75, 3.05) is 5.75 Å². The summed E-state index contributed by atoms with van der Waals surface area (Å²) >= 11 is 0. The molecule has 0 radical (unpaired) electrons. The summed E-state index contributed by atoms with van der Waals surface area (Å²) < 4.78 is 29.9. The average molecular weight is 204 g/mol. The van der Waals surface area contributed by atoms with Gasteiger partial charge in [0.1, 0.15) is 5.75 Å². The van der Waals surface area contributed by atoms with Gasteiger partial charge in [-0.05, 0) is 33.3 Å². The van der Waals surface area contributed by atoms with Crippen LogP contribution >= 0.6 is 0 Å². The van der Waals surface area contributed by atoms with Gasteiger partial charge in [0.15, 0.2) is 0 Å². The molecule has 0 rings (SSSR count). The fourth-order valence-corrected chi connectivity index (χ4v) is 1.64. The van der Waals surface area contributed by atoms with Crippen molar-refractivity contribution in [2.45, 2.75) is 27.7 Å². The number of allylic oxidation sites excluding steroid dienone is 3. The lowest BCUT2D eigenvalue weighted by molar-refractivity contribution is 0.486. The lowest BCUT2D eigenvalue weighted by Gasteiger charge is -2.03. The van der Waals surface area contributed by atoms with Gasteiger partial charge in [0.2, 0.25) is 0 Å². The van der Waals surface area contributed by atoms with E-state index >= 15 is 0 Å². The molecule has 0 aliphatic rings. The van der Waals surface area contributed by atoms with E-state index in [2.05, 4.69) is 0 Å². The van der Waals surface area contributed by atoms with Gasteiger partial charge >= 0.3 is 0 Å². The van der Waals surface area contributed by atoms with Crippen LogP contribution in [0.2, 0.25) is 0 Å². The van der Waals surface area contributed by atoms with Crippen molar-refractivity contribution in [3.63, 3.8) is 0 Å². The van der Waals surface area contributed by atoms with Crippen LogP contribution in [-0.4, -0.2) is 18.7 Å². The Morgan fingerprint density at radius 2 is 1.69 bits per heavy atom. The lowest BCUT2D eigenvalue weighted by atomic mass is 10.1. The minimum absolute atomic E-state index is 0.305. The molecule has 0 aromatic rings. The van der Waals surface area contributed by atoms with E-state index in [1.807, 2.05) is 27.7 Å². The zero-order chi connectivity index (χ0) is 10.6. The van der Waals surface area contributed by atoms with Crippen molar-refractivity contribution in [1.29, 1.82) is 0 Å². The van der Waals surface area contributed by atoms with Crippen LogP contribution in [0.3, 0.4) is 0 Å². The largest absolute Gasteiger partial charge is 0.285 e. The molecule has 0 aliphatic carbocycles. The highest BCUT2D eigenvalue weighted by Crippen LogP contribution is 2.10. The SMILES string of the molecule is CC(C)=CC(CS(=O)(=O)O)=C(C)C. The van der Waals surface area contributed by atoms with Crippen LogP contribution in [0.5, 0.6) is 0 Å². The molecule has 1 N–H and O–H groups in total.